The first-order chi connectivity index (χ1) is 23.5. The number of halogens is 8. The molecule has 0 saturated carbocycles. The molecule has 4 aromatic carbocycles. The number of ketones is 2. The zero-order chi connectivity index (χ0) is 36.9. The molecule has 2 amide bonds. The minimum absolute atomic E-state index is 0.0397. The molecule has 0 radical (unpaired) electrons. The maximum atomic E-state index is 12.4. The summed E-state index contributed by atoms with van der Waals surface area (Å²) in [4.78, 5) is 47.2. The molecule has 4 aromatic rings. The number of nitrogens with one attached hydrogen (secondary N) is 4. The number of carbonyl (C=O) groups is 4. The SMILES string of the molecule is O=C(/C=C\NNC(=O)c1ccc(C(F)(F)F)cc1)c1ccc(Cl)cc1.O=C(/C=C\NNC(=O)c1ccc(C(F)(F)F)cc1)c1ccc(Cl)cc1. The van der Waals surface area contributed by atoms with Crippen LogP contribution in [0.2, 0.25) is 10.0 Å². The number of hydrogen-bond acceptors (Lipinski definition) is 6. The molecule has 50 heavy (non-hydrogen) atoms. The average molecular weight is 737 g/mol. The standard InChI is InChI=1S/2C17H12ClF3N2O2/c2*18-14-7-3-11(4-8-14)15(24)9-10-22-23-16(25)12-1-5-13(6-2-12)17(19,20)21/h2*1-10,22H,(H,23,25)/b2*10-9-. The smallest absolute Gasteiger partial charge is 0.305 e. The highest BCUT2D eigenvalue weighted by Gasteiger charge is 2.31. The van der Waals surface area contributed by atoms with Gasteiger partial charge in [-0.3, -0.25) is 30.0 Å². The van der Waals surface area contributed by atoms with Crippen molar-refractivity contribution >= 4 is 46.6 Å². The van der Waals surface area contributed by atoms with Crippen LogP contribution in [0.3, 0.4) is 0 Å². The Hall–Kier alpha value is -5.60. The Bertz CT molecular complexity index is 1710. The van der Waals surface area contributed by atoms with Gasteiger partial charge >= 0.3 is 12.4 Å². The summed E-state index contributed by atoms with van der Waals surface area (Å²) in [6.45, 7) is 0. The Morgan fingerprint density at radius 2 is 0.740 bits per heavy atom. The Balaban J connectivity index is 0.000000270. The third-order valence-corrected chi connectivity index (χ3v) is 6.72. The van der Waals surface area contributed by atoms with Crippen LogP contribution in [0.4, 0.5) is 26.3 Å². The summed E-state index contributed by atoms with van der Waals surface area (Å²) in [5.74, 6) is -1.91. The van der Waals surface area contributed by atoms with Crippen molar-refractivity contribution in [1.29, 1.82) is 0 Å². The second-order valence-electron chi connectivity index (χ2n) is 9.76. The Morgan fingerprint density at radius 1 is 0.460 bits per heavy atom. The molecule has 8 nitrogen and oxygen atoms in total. The summed E-state index contributed by atoms with van der Waals surface area (Å²) in [6, 6.07) is 20.0. The van der Waals surface area contributed by atoms with Crippen LogP contribution in [0.15, 0.2) is 122 Å². The summed E-state index contributed by atoms with van der Waals surface area (Å²) in [5, 5.41) is 1.00. The summed E-state index contributed by atoms with van der Waals surface area (Å²) in [5.41, 5.74) is 8.49. The monoisotopic (exact) mass is 736 g/mol. The van der Waals surface area contributed by atoms with Crippen LogP contribution in [0.5, 0.6) is 0 Å². The van der Waals surface area contributed by atoms with Gasteiger partial charge in [0.2, 0.25) is 0 Å². The number of benzene rings is 4. The summed E-state index contributed by atoms with van der Waals surface area (Å²) < 4.78 is 74.7. The fourth-order valence-electron chi connectivity index (χ4n) is 3.64. The van der Waals surface area contributed by atoms with Gasteiger partial charge in [0.25, 0.3) is 11.8 Å². The molecule has 4 rings (SSSR count). The van der Waals surface area contributed by atoms with E-state index in [0.29, 0.717) is 21.2 Å². The van der Waals surface area contributed by atoms with Gasteiger partial charge in [0.05, 0.1) is 11.1 Å². The Labute approximate surface area is 290 Å². The van der Waals surface area contributed by atoms with E-state index < -0.39 is 35.3 Å². The highest BCUT2D eigenvalue weighted by atomic mass is 35.5. The lowest BCUT2D eigenvalue weighted by Gasteiger charge is -2.08. The van der Waals surface area contributed by atoms with E-state index in [-0.39, 0.29) is 22.7 Å². The topological polar surface area (TPSA) is 116 Å². The zero-order valence-electron chi connectivity index (χ0n) is 25.2. The Morgan fingerprint density at radius 3 is 1.02 bits per heavy atom. The van der Waals surface area contributed by atoms with Crippen LogP contribution >= 0.6 is 23.2 Å². The highest BCUT2D eigenvalue weighted by molar-refractivity contribution is 6.31. The number of hydrazine groups is 2. The van der Waals surface area contributed by atoms with Gasteiger partial charge in [0, 0.05) is 56.9 Å². The number of allylic oxidation sites excluding steroid dienone is 2. The normalized spacial score (nSPS) is 11.4. The largest absolute Gasteiger partial charge is 0.416 e. The zero-order valence-corrected chi connectivity index (χ0v) is 26.7. The quantitative estimate of drug-likeness (QED) is 0.0568. The van der Waals surface area contributed by atoms with Crippen molar-refractivity contribution in [2.24, 2.45) is 0 Å². The first-order valence-corrected chi connectivity index (χ1v) is 14.7. The maximum absolute atomic E-state index is 12.4. The highest BCUT2D eigenvalue weighted by Crippen LogP contribution is 2.30. The van der Waals surface area contributed by atoms with Crippen molar-refractivity contribution in [2.45, 2.75) is 12.4 Å². The number of hydrogen-bond donors (Lipinski definition) is 4. The first-order valence-electron chi connectivity index (χ1n) is 13.9. The lowest BCUT2D eigenvalue weighted by Crippen LogP contribution is -2.33. The number of rotatable bonds is 10. The van der Waals surface area contributed by atoms with Gasteiger partial charge in [0.15, 0.2) is 11.6 Å². The molecule has 4 N–H and O–H groups in total. The molecule has 0 unspecified atom stereocenters. The average Bonchev–Trinajstić information content (AvgIpc) is 3.08. The van der Waals surface area contributed by atoms with E-state index in [9.17, 15) is 45.5 Å². The van der Waals surface area contributed by atoms with Gasteiger partial charge in [0.1, 0.15) is 0 Å². The lowest BCUT2D eigenvalue weighted by atomic mass is 10.1. The van der Waals surface area contributed by atoms with E-state index in [1.54, 1.807) is 48.5 Å². The fourth-order valence-corrected chi connectivity index (χ4v) is 3.89. The predicted molar refractivity (Wildman–Crippen MR) is 174 cm³/mol. The van der Waals surface area contributed by atoms with E-state index in [2.05, 4.69) is 21.7 Å². The van der Waals surface area contributed by atoms with E-state index in [1.807, 2.05) is 0 Å². The third kappa shape index (κ3) is 12.5. The van der Waals surface area contributed by atoms with Crippen molar-refractivity contribution in [3.8, 4) is 0 Å². The van der Waals surface area contributed by atoms with Gasteiger partial charge in [-0.15, -0.1) is 0 Å². The minimum Gasteiger partial charge on any atom is -0.305 e. The Kier molecular flexibility index (Phi) is 13.7. The number of carbonyl (C=O) groups excluding carboxylic acids is 4. The molecule has 0 spiro atoms. The van der Waals surface area contributed by atoms with Crippen LogP contribution in [0.25, 0.3) is 0 Å². The van der Waals surface area contributed by atoms with Crippen molar-refractivity contribution in [3.05, 3.63) is 165 Å². The van der Waals surface area contributed by atoms with E-state index in [0.717, 1.165) is 48.5 Å². The van der Waals surface area contributed by atoms with Gasteiger partial charge in [-0.2, -0.15) is 26.3 Å². The molecular formula is C34H24Cl2F6N4O4. The predicted octanol–water partition coefficient (Wildman–Crippen LogP) is 7.98. The number of alkyl halides is 6. The van der Waals surface area contributed by atoms with Crippen LogP contribution in [-0.2, 0) is 12.4 Å². The van der Waals surface area contributed by atoms with Crippen molar-refractivity contribution in [2.75, 3.05) is 0 Å². The molecule has 0 aromatic heterocycles. The second kappa shape index (κ2) is 17.7. The summed E-state index contributed by atoms with van der Waals surface area (Å²) in [7, 11) is 0. The fraction of sp³-hybridized carbons (Fsp3) is 0.0588. The van der Waals surface area contributed by atoms with E-state index in [4.69, 9.17) is 23.2 Å². The third-order valence-electron chi connectivity index (χ3n) is 6.21. The van der Waals surface area contributed by atoms with Crippen molar-refractivity contribution in [1.82, 2.24) is 21.7 Å². The van der Waals surface area contributed by atoms with Crippen molar-refractivity contribution < 1.29 is 45.5 Å². The van der Waals surface area contributed by atoms with Gasteiger partial charge in [-0.25, -0.2) is 0 Å². The molecule has 260 valence electrons. The molecule has 0 heterocycles. The number of amides is 2. The van der Waals surface area contributed by atoms with Crippen molar-refractivity contribution in [3.63, 3.8) is 0 Å². The molecule has 0 atom stereocenters. The van der Waals surface area contributed by atoms with Crippen LogP contribution in [-0.4, -0.2) is 23.4 Å². The second-order valence-corrected chi connectivity index (χ2v) is 10.6. The molecular weight excluding hydrogens is 713 g/mol. The molecule has 0 saturated heterocycles. The van der Waals surface area contributed by atoms with Gasteiger partial charge in [-0.1, -0.05) is 23.2 Å². The van der Waals surface area contributed by atoms with Gasteiger partial charge < -0.3 is 10.9 Å². The van der Waals surface area contributed by atoms with E-state index in [1.165, 1.54) is 24.6 Å². The molecule has 0 aliphatic carbocycles. The van der Waals surface area contributed by atoms with Crippen LogP contribution in [0, 0.1) is 0 Å². The van der Waals surface area contributed by atoms with Crippen LogP contribution in [0.1, 0.15) is 52.6 Å². The molecule has 0 aliphatic heterocycles. The lowest BCUT2D eigenvalue weighted by molar-refractivity contribution is -0.138. The van der Waals surface area contributed by atoms with Crippen LogP contribution < -0.4 is 21.7 Å². The maximum Gasteiger partial charge on any atom is 0.416 e. The minimum atomic E-state index is -4.46. The summed E-state index contributed by atoms with van der Waals surface area (Å²) >= 11 is 11.4. The van der Waals surface area contributed by atoms with E-state index >= 15 is 0 Å². The first kappa shape index (κ1) is 38.8. The molecule has 0 fully saturated rings. The molecule has 0 aliphatic rings. The molecule has 16 heteroatoms. The summed E-state index contributed by atoms with van der Waals surface area (Å²) in [6.07, 6.45) is -4.12. The molecule has 0 bridgehead atoms. The van der Waals surface area contributed by atoms with Gasteiger partial charge in [-0.05, 0) is 97.1 Å².